The van der Waals surface area contributed by atoms with Crippen LogP contribution < -0.4 is 4.31 Å². The third-order valence-corrected chi connectivity index (χ3v) is 5.16. The van der Waals surface area contributed by atoms with Crippen LogP contribution in [0.5, 0.6) is 0 Å². The van der Waals surface area contributed by atoms with Crippen LogP contribution in [0.3, 0.4) is 0 Å². The molecule has 0 aliphatic rings. The van der Waals surface area contributed by atoms with Gasteiger partial charge in [-0.1, -0.05) is 44.1 Å². The molecule has 0 saturated carbocycles. The van der Waals surface area contributed by atoms with Crippen LogP contribution in [-0.4, -0.2) is 20.1 Å². The van der Waals surface area contributed by atoms with E-state index in [1.807, 2.05) is 32.9 Å². The fraction of sp³-hybridized carbons (Fsp3) is 0.412. The summed E-state index contributed by atoms with van der Waals surface area (Å²) in [6.07, 6.45) is 0.111. The van der Waals surface area contributed by atoms with Gasteiger partial charge in [0, 0.05) is 18.0 Å². The van der Waals surface area contributed by atoms with E-state index in [1.165, 1.54) is 4.31 Å². The highest BCUT2D eigenvalue weighted by molar-refractivity contribution is 7.92. The molecule has 1 aromatic heterocycles. The highest BCUT2D eigenvalue weighted by Crippen LogP contribution is 2.25. The molecular formula is C17H21N3O3S. The Bertz CT molecular complexity index is 815. The van der Waals surface area contributed by atoms with E-state index in [0.29, 0.717) is 17.1 Å². The summed E-state index contributed by atoms with van der Waals surface area (Å²) in [5.41, 5.74) is 0.652. The first-order chi connectivity index (χ1) is 11.2. The molecule has 24 heavy (non-hydrogen) atoms. The van der Waals surface area contributed by atoms with Crippen LogP contribution in [-0.2, 0) is 21.2 Å². The van der Waals surface area contributed by atoms with Gasteiger partial charge in [0.15, 0.2) is 0 Å². The average molecular weight is 347 g/mol. The first-order valence-electron chi connectivity index (χ1n) is 7.62. The quantitative estimate of drug-likeness (QED) is 0.800. The average Bonchev–Trinajstić information content (AvgIpc) is 2.96. The van der Waals surface area contributed by atoms with E-state index in [-0.39, 0.29) is 24.1 Å². The Labute approximate surface area is 142 Å². The molecule has 0 fully saturated rings. The lowest BCUT2D eigenvalue weighted by molar-refractivity contribution is 0.326. The first-order valence-corrected chi connectivity index (χ1v) is 9.23. The lowest BCUT2D eigenvalue weighted by atomic mass is 9.93. The molecule has 6 nitrogen and oxygen atoms in total. The number of para-hydroxylation sites is 1. The maximum Gasteiger partial charge on any atom is 0.241 e. The summed E-state index contributed by atoms with van der Waals surface area (Å²) >= 11 is 0. The molecule has 7 heteroatoms. The molecule has 2 rings (SSSR count). The molecular weight excluding hydrogens is 326 g/mol. The Morgan fingerprint density at radius 2 is 1.92 bits per heavy atom. The molecule has 0 unspecified atom stereocenters. The maximum atomic E-state index is 12.8. The predicted molar refractivity (Wildman–Crippen MR) is 91.8 cm³/mol. The van der Waals surface area contributed by atoms with Crippen LogP contribution in [0.25, 0.3) is 0 Å². The van der Waals surface area contributed by atoms with Gasteiger partial charge in [-0.05, 0) is 12.1 Å². The number of sulfonamides is 1. The van der Waals surface area contributed by atoms with Gasteiger partial charge in [-0.25, -0.2) is 8.42 Å². The number of nitriles is 1. The van der Waals surface area contributed by atoms with Gasteiger partial charge in [0.2, 0.25) is 10.0 Å². The Balaban J connectivity index is 2.28. The number of benzene rings is 1. The number of nitrogens with zero attached hydrogens (tertiary/aromatic N) is 3. The van der Waals surface area contributed by atoms with Crippen LogP contribution in [0.1, 0.15) is 38.6 Å². The molecule has 0 aliphatic heterocycles. The maximum absolute atomic E-state index is 12.8. The highest BCUT2D eigenvalue weighted by atomic mass is 32.2. The first kappa shape index (κ1) is 18.0. The SMILES string of the molecule is CC(C)(C)c1cc(CS(=O)(=O)N(CCC#N)c2ccccc2)no1. The fourth-order valence-corrected chi connectivity index (χ4v) is 3.65. The second-order valence-corrected chi connectivity index (χ2v) is 8.40. The van der Waals surface area contributed by atoms with Crippen molar-refractivity contribution in [2.45, 2.75) is 38.4 Å². The summed E-state index contributed by atoms with van der Waals surface area (Å²) in [7, 11) is -3.67. The lowest BCUT2D eigenvalue weighted by Gasteiger charge is -2.23. The Morgan fingerprint density at radius 3 is 2.46 bits per heavy atom. The molecule has 0 saturated heterocycles. The molecule has 0 N–H and O–H groups in total. The monoisotopic (exact) mass is 347 g/mol. The van der Waals surface area contributed by atoms with Gasteiger partial charge < -0.3 is 4.52 Å². The zero-order valence-electron chi connectivity index (χ0n) is 14.1. The van der Waals surface area contributed by atoms with E-state index in [0.717, 1.165) is 0 Å². The Hall–Kier alpha value is -2.33. The molecule has 0 radical (unpaired) electrons. The Morgan fingerprint density at radius 1 is 1.25 bits per heavy atom. The van der Waals surface area contributed by atoms with Crippen molar-refractivity contribution in [1.82, 2.24) is 5.16 Å². The standard InChI is InChI=1S/C17H21N3O3S/c1-17(2,3)16-12-14(19-23-16)13-24(21,22)20(11-7-10-18)15-8-5-4-6-9-15/h4-6,8-9,12H,7,11,13H2,1-3H3. The molecule has 0 aliphatic carbocycles. The summed E-state index contributed by atoms with van der Waals surface area (Å²) in [4.78, 5) is 0. The number of rotatable bonds is 6. The molecule has 128 valence electrons. The van der Waals surface area contributed by atoms with Gasteiger partial charge in [-0.3, -0.25) is 4.31 Å². The molecule has 0 amide bonds. The normalized spacial score (nSPS) is 11.9. The van der Waals surface area contributed by atoms with Crippen LogP contribution >= 0.6 is 0 Å². The molecule has 2 aromatic rings. The third-order valence-electron chi connectivity index (χ3n) is 3.44. The predicted octanol–water partition coefficient (Wildman–Crippen LogP) is 3.22. The summed E-state index contributed by atoms with van der Waals surface area (Å²) in [5, 5.41) is 12.7. The highest BCUT2D eigenvalue weighted by Gasteiger charge is 2.26. The van der Waals surface area contributed by atoms with Gasteiger partial charge in [0.1, 0.15) is 17.2 Å². The van der Waals surface area contributed by atoms with E-state index in [4.69, 9.17) is 9.78 Å². The minimum atomic E-state index is -3.67. The van der Waals surface area contributed by atoms with Crippen molar-refractivity contribution in [3.05, 3.63) is 47.9 Å². The number of anilines is 1. The zero-order chi connectivity index (χ0) is 17.8. The lowest BCUT2D eigenvalue weighted by Crippen LogP contribution is -2.33. The van der Waals surface area contributed by atoms with E-state index in [9.17, 15) is 8.42 Å². The van der Waals surface area contributed by atoms with Gasteiger partial charge in [-0.15, -0.1) is 0 Å². The third kappa shape index (κ3) is 4.36. The van der Waals surface area contributed by atoms with Gasteiger partial charge in [0.05, 0.1) is 18.2 Å². The van der Waals surface area contributed by atoms with Crippen molar-refractivity contribution in [1.29, 1.82) is 5.26 Å². The van der Waals surface area contributed by atoms with Gasteiger partial charge in [-0.2, -0.15) is 5.26 Å². The topological polar surface area (TPSA) is 87.2 Å². The molecule has 0 atom stereocenters. The molecule has 1 heterocycles. The summed E-state index contributed by atoms with van der Waals surface area (Å²) in [5.74, 6) is 0.364. The zero-order valence-corrected chi connectivity index (χ0v) is 14.9. The summed E-state index contributed by atoms with van der Waals surface area (Å²) < 4.78 is 32.1. The molecule has 1 aromatic carbocycles. The van der Waals surface area contributed by atoms with Crippen LogP contribution in [0, 0.1) is 11.3 Å². The smallest absolute Gasteiger partial charge is 0.241 e. The minimum absolute atomic E-state index is 0.104. The van der Waals surface area contributed by atoms with E-state index in [1.54, 1.807) is 30.3 Å². The van der Waals surface area contributed by atoms with Crippen LogP contribution in [0.15, 0.2) is 40.9 Å². The van der Waals surface area contributed by atoms with Crippen molar-refractivity contribution >= 4 is 15.7 Å². The van der Waals surface area contributed by atoms with E-state index < -0.39 is 10.0 Å². The fourth-order valence-electron chi connectivity index (χ4n) is 2.17. The van der Waals surface area contributed by atoms with Crippen molar-refractivity contribution in [2.24, 2.45) is 0 Å². The van der Waals surface area contributed by atoms with Crippen molar-refractivity contribution in [2.75, 3.05) is 10.8 Å². The van der Waals surface area contributed by atoms with E-state index in [2.05, 4.69) is 5.16 Å². The second-order valence-electron chi connectivity index (χ2n) is 6.50. The number of hydrogen-bond donors (Lipinski definition) is 0. The van der Waals surface area contributed by atoms with Crippen LogP contribution in [0.2, 0.25) is 0 Å². The van der Waals surface area contributed by atoms with Gasteiger partial charge >= 0.3 is 0 Å². The van der Waals surface area contributed by atoms with Gasteiger partial charge in [0.25, 0.3) is 0 Å². The summed E-state index contributed by atoms with van der Waals surface area (Å²) in [6.45, 7) is 6.01. The number of aromatic nitrogens is 1. The van der Waals surface area contributed by atoms with Crippen LogP contribution in [0.4, 0.5) is 5.69 Å². The summed E-state index contributed by atoms with van der Waals surface area (Å²) in [6, 6.07) is 12.4. The molecule has 0 spiro atoms. The van der Waals surface area contributed by atoms with Crippen molar-refractivity contribution in [3.8, 4) is 6.07 Å². The van der Waals surface area contributed by atoms with E-state index >= 15 is 0 Å². The number of hydrogen-bond acceptors (Lipinski definition) is 5. The largest absolute Gasteiger partial charge is 0.361 e. The van der Waals surface area contributed by atoms with Crippen molar-refractivity contribution in [3.63, 3.8) is 0 Å². The Kier molecular flexibility index (Phi) is 5.30. The minimum Gasteiger partial charge on any atom is -0.361 e. The molecule has 0 bridgehead atoms. The second kappa shape index (κ2) is 7.05. The van der Waals surface area contributed by atoms with Crippen molar-refractivity contribution < 1.29 is 12.9 Å².